The number of rotatable bonds is 3. The summed E-state index contributed by atoms with van der Waals surface area (Å²) in [5, 5.41) is 0. The predicted molar refractivity (Wildman–Crippen MR) is 29.9 cm³/mol. The van der Waals surface area contributed by atoms with Gasteiger partial charge in [0.1, 0.15) is 12.4 Å². The van der Waals surface area contributed by atoms with Crippen molar-refractivity contribution in [3.8, 4) is 0 Å². The van der Waals surface area contributed by atoms with Gasteiger partial charge in [-0.1, -0.05) is 0 Å². The van der Waals surface area contributed by atoms with Crippen molar-refractivity contribution in [2.75, 3.05) is 18.2 Å². The quantitative estimate of drug-likeness (QED) is 0.595. The molecule has 10 heavy (non-hydrogen) atoms. The van der Waals surface area contributed by atoms with Crippen molar-refractivity contribution in [2.45, 2.75) is 6.18 Å². The SMILES string of the molecule is O=S(CCF)CC(F)(F)F. The Morgan fingerprint density at radius 3 is 2.10 bits per heavy atom. The van der Waals surface area contributed by atoms with Crippen LogP contribution in [0.3, 0.4) is 0 Å². The van der Waals surface area contributed by atoms with Crippen molar-refractivity contribution in [3.05, 3.63) is 0 Å². The van der Waals surface area contributed by atoms with Crippen LogP contribution < -0.4 is 0 Å². The molecule has 0 aliphatic rings. The molecule has 0 fully saturated rings. The molecule has 0 spiro atoms. The minimum absolute atomic E-state index is 0.528. The predicted octanol–water partition coefficient (Wildman–Crippen LogP) is 1.27. The molecule has 0 aromatic rings. The molecule has 1 atom stereocenters. The Kier molecular flexibility index (Phi) is 3.85. The largest absolute Gasteiger partial charge is 0.400 e. The zero-order valence-electron chi connectivity index (χ0n) is 4.95. The Bertz CT molecular complexity index is 121. The summed E-state index contributed by atoms with van der Waals surface area (Å²) >= 11 is 0. The van der Waals surface area contributed by atoms with Crippen LogP contribution in [0.2, 0.25) is 0 Å². The highest BCUT2D eigenvalue weighted by Crippen LogP contribution is 2.15. The lowest BCUT2D eigenvalue weighted by molar-refractivity contribution is -0.105. The van der Waals surface area contributed by atoms with Crippen molar-refractivity contribution in [1.29, 1.82) is 0 Å². The minimum Gasteiger partial charge on any atom is -0.259 e. The Morgan fingerprint density at radius 1 is 1.30 bits per heavy atom. The number of hydrogen-bond acceptors (Lipinski definition) is 1. The van der Waals surface area contributed by atoms with E-state index in [4.69, 9.17) is 0 Å². The lowest BCUT2D eigenvalue weighted by Gasteiger charge is -2.03. The first-order valence-corrected chi connectivity index (χ1v) is 3.92. The Hall–Kier alpha value is -0.130. The number of alkyl halides is 4. The number of hydrogen-bond donors (Lipinski definition) is 0. The van der Waals surface area contributed by atoms with E-state index in [0.717, 1.165) is 0 Å². The summed E-state index contributed by atoms with van der Waals surface area (Å²) in [5.74, 6) is -1.93. The van der Waals surface area contributed by atoms with Gasteiger partial charge in [0.05, 0.1) is 5.75 Å². The van der Waals surface area contributed by atoms with Crippen LogP contribution in [-0.4, -0.2) is 28.6 Å². The molecule has 0 amide bonds. The minimum atomic E-state index is -4.44. The second kappa shape index (κ2) is 3.90. The first-order chi connectivity index (χ1) is 4.45. The molecule has 0 aliphatic heterocycles. The van der Waals surface area contributed by atoms with Gasteiger partial charge in [-0.3, -0.25) is 8.60 Å². The van der Waals surface area contributed by atoms with Crippen LogP contribution in [-0.2, 0) is 10.8 Å². The van der Waals surface area contributed by atoms with Crippen LogP contribution in [0.4, 0.5) is 17.6 Å². The third-order valence-electron chi connectivity index (χ3n) is 0.629. The molecular weight excluding hydrogens is 172 g/mol. The van der Waals surface area contributed by atoms with Gasteiger partial charge in [0.25, 0.3) is 0 Å². The lowest BCUT2D eigenvalue weighted by atomic mass is 10.8. The summed E-state index contributed by atoms with van der Waals surface area (Å²) in [7, 11) is -2.09. The van der Waals surface area contributed by atoms with E-state index < -0.39 is 35.2 Å². The maximum absolute atomic E-state index is 11.3. The zero-order valence-corrected chi connectivity index (χ0v) is 5.77. The smallest absolute Gasteiger partial charge is 0.259 e. The zero-order chi connectivity index (χ0) is 8.20. The summed E-state index contributed by atoms with van der Waals surface area (Å²) < 4.78 is 55.4. The average Bonchev–Trinajstić information content (AvgIpc) is 1.59. The average molecular weight is 178 g/mol. The molecule has 62 valence electrons. The van der Waals surface area contributed by atoms with Crippen LogP contribution in [0.15, 0.2) is 0 Å². The fourth-order valence-electron chi connectivity index (χ4n) is 0.341. The summed E-state index contributed by atoms with van der Waals surface area (Å²) in [6, 6.07) is 0. The molecule has 0 bridgehead atoms. The van der Waals surface area contributed by atoms with E-state index in [-0.39, 0.29) is 0 Å². The van der Waals surface area contributed by atoms with Crippen LogP contribution in [0.1, 0.15) is 0 Å². The van der Waals surface area contributed by atoms with E-state index in [2.05, 4.69) is 0 Å². The molecule has 0 N–H and O–H groups in total. The molecule has 0 aromatic heterocycles. The van der Waals surface area contributed by atoms with Crippen molar-refractivity contribution >= 4 is 10.8 Å². The van der Waals surface area contributed by atoms with Gasteiger partial charge < -0.3 is 0 Å². The van der Waals surface area contributed by atoms with Gasteiger partial charge in [-0.05, 0) is 0 Å². The first-order valence-electron chi connectivity index (χ1n) is 2.43. The first kappa shape index (κ1) is 9.87. The highest BCUT2D eigenvalue weighted by molar-refractivity contribution is 7.85. The van der Waals surface area contributed by atoms with Crippen LogP contribution in [0.5, 0.6) is 0 Å². The fraction of sp³-hybridized carbons (Fsp3) is 1.00. The molecule has 0 aliphatic carbocycles. The molecule has 0 heterocycles. The molecule has 0 rings (SSSR count). The highest BCUT2D eigenvalue weighted by atomic mass is 32.2. The summed E-state index contributed by atoms with van der Waals surface area (Å²) in [6.07, 6.45) is -4.44. The van der Waals surface area contributed by atoms with E-state index in [1.54, 1.807) is 0 Å². The molecule has 0 aromatic carbocycles. The number of halogens is 4. The van der Waals surface area contributed by atoms with Gasteiger partial charge in [-0.25, -0.2) is 0 Å². The van der Waals surface area contributed by atoms with Crippen molar-refractivity contribution < 1.29 is 21.8 Å². The standard InChI is InChI=1S/C4H6F4OS/c5-1-2-10(9)3-4(6,7)8/h1-3H2. The third-order valence-corrected chi connectivity index (χ3v) is 1.89. The monoisotopic (exact) mass is 178 g/mol. The van der Waals surface area contributed by atoms with Gasteiger partial charge in [0, 0.05) is 10.8 Å². The van der Waals surface area contributed by atoms with E-state index >= 15 is 0 Å². The van der Waals surface area contributed by atoms with Gasteiger partial charge >= 0.3 is 6.18 Å². The van der Waals surface area contributed by atoms with Gasteiger partial charge in [0.15, 0.2) is 0 Å². The maximum Gasteiger partial charge on any atom is 0.400 e. The summed E-state index contributed by atoms with van der Waals surface area (Å²) in [6.45, 7) is -0.970. The van der Waals surface area contributed by atoms with Crippen molar-refractivity contribution in [1.82, 2.24) is 0 Å². The molecule has 6 heteroatoms. The molecule has 1 unspecified atom stereocenters. The Balaban J connectivity index is 3.58. The third kappa shape index (κ3) is 6.00. The fourth-order valence-corrected chi connectivity index (χ4v) is 1.02. The second-order valence-electron chi connectivity index (χ2n) is 1.59. The second-order valence-corrected chi connectivity index (χ2v) is 3.17. The highest BCUT2D eigenvalue weighted by Gasteiger charge is 2.29. The van der Waals surface area contributed by atoms with Crippen molar-refractivity contribution in [2.24, 2.45) is 0 Å². The van der Waals surface area contributed by atoms with Gasteiger partial charge in [-0.15, -0.1) is 0 Å². The molecule has 0 saturated heterocycles. The molecular formula is C4H6F4OS. The summed E-state index contributed by atoms with van der Waals surface area (Å²) in [5.41, 5.74) is 0. The molecule has 1 nitrogen and oxygen atoms in total. The van der Waals surface area contributed by atoms with Gasteiger partial charge in [-0.2, -0.15) is 13.2 Å². The van der Waals surface area contributed by atoms with E-state index in [1.807, 2.05) is 0 Å². The van der Waals surface area contributed by atoms with E-state index in [1.165, 1.54) is 0 Å². The normalized spacial score (nSPS) is 15.2. The summed E-state index contributed by atoms with van der Waals surface area (Å²) in [4.78, 5) is 0. The van der Waals surface area contributed by atoms with Crippen LogP contribution in [0, 0.1) is 0 Å². The molecule has 0 saturated carbocycles. The Morgan fingerprint density at radius 2 is 1.80 bits per heavy atom. The van der Waals surface area contributed by atoms with Gasteiger partial charge in [0.2, 0.25) is 0 Å². The van der Waals surface area contributed by atoms with E-state index in [9.17, 15) is 21.8 Å². The Labute approximate surface area is 57.9 Å². The van der Waals surface area contributed by atoms with Crippen LogP contribution >= 0.6 is 0 Å². The molecule has 0 radical (unpaired) electrons. The van der Waals surface area contributed by atoms with Crippen molar-refractivity contribution in [3.63, 3.8) is 0 Å². The lowest BCUT2D eigenvalue weighted by Crippen LogP contribution is -2.20. The maximum atomic E-state index is 11.3. The topological polar surface area (TPSA) is 17.1 Å². The van der Waals surface area contributed by atoms with Crippen LogP contribution in [0.25, 0.3) is 0 Å². The van der Waals surface area contributed by atoms with E-state index in [0.29, 0.717) is 0 Å².